The molecule has 8 unspecified atom stereocenters. The van der Waals surface area contributed by atoms with Gasteiger partial charge in [-0.2, -0.15) is 0 Å². The van der Waals surface area contributed by atoms with Gasteiger partial charge in [0, 0.05) is 6.42 Å². The lowest BCUT2D eigenvalue weighted by Gasteiger charge is -2.41. The summed E-state index contributed by atoms with van der Waals surface area (Å²) in [6.07, 6.45) is 58.1. The molecule has 6 N–H and O–H groups in total. The number of esters is 1. The number of unbranched alkanes of at least 4 members (excludes halogenated alkanes) is 29. The van der Waals surface area contributed by atoms with Crippen molar-refractivity contribution in [3.63, 3.8) is 0 Å². The number of carbonyl (C=O) groups is 2. The maximum absolute atomic E-state index is 13.4. The third-order valence-corrected chi connectivity index (χ3v) is 14.6. The van der Waals surface area contributed by atoms with Crippen LogP contribution < -0.4 is 5.32 Å². The average Bonchev–Trinajstić information content (AvgIpc) is 3.43. The van der Waals surface area contributed by atoms with E-state index in [1.165, 1.54) is 148 Å². The van der Waals surface area contributed by atoms with Gasteiger partial charge in [0.1, 0.15) is 24.4 Å². The molecule has 0 aromatic heterocycles. The van der Waals surface area contributed by atoms with Gasteiger partial charge >= 0.3 is 5.97 Å². The molecular weight excluding hydrogens is 967 g/mol. The van der Waals surface area contributed by atoms with Crippen molar-refractivity contribution in [1.29, 1.82) is 0 Å². The lowest BCUT2D eigenvalue weighted by molar-refractivity contribution is -0.305. The number of aliphatic hydroxyl groups excluding tert-OH is 5. The first kappa shape index (κ1) is 72.1. The fourth-order valence-corrected chi connectivity index (χ4v) is 9.63. The Morgan fingerprint density at radius 3 is 1.39 bits per heavy atom. The third kappa shape index (κ3) is 41.7. The summed E-state index contributed by atoms with van der Waals surface area (Å²) in [6.45, 7) is 5.65. The van der Waals surface area contributed by atoms with Crippen LogP contribution in [0.2, 0.25) is 0 Å². The van der Waals surface area contributed by atoms with E-state index in [0.29, 0.717) is 19.3 Å². The van der Waals surface area contributed by atoms with Crippen LogP contribution >= 0.6 is 0 Å². The largest absolute Gasteiger partial charge is 0.454 e. The Morgan fingerprint density at radius 2 is 0.935 bits per heavy atom. The van der Waals surface area contributed by atoms with E-state index in [1.54, 1.807) is 6.08 Å². The van der Waals surface area contributed by atoms with E-state index in [2.05, 4.69) is 74.7 Å². The van der Waals surface area contributed by atoms with Crippen molar-refractivity contribution >= 4 is 11.9 Å². The Kier molecular flexibility index (Phi) is 50.3. The average molecular weight is 1080 g/mol. The van der Waals surface area contributed by atoms with Crippen molar-refractivity contribution < 1.29 is 49.3 Å². The first-order chi connectivity index (χ1) is 37.7. The van der Waals surface area contributed by atoms with Gasteiger partial charge in [0.15, 0.2) is 12.4 Å². The molecule has 1 aliphatic rings. The molecule has 77 heavy (non-hydrogen) atoms. The number of allylic oxidation sites excluding steroid dienone is 11. The van der Waals surface area contributed by atoms with E-state index in [4.69, 9.17) is 14.2 Å². The Balaban J connectivity index is 2.67. The molecule has 1 heterocycles. The van der Waals surface area contributed by atoms with Gasteiger partial charge in [-0.25, -0.2) is 0 Å². The van der Waals surface area contributed by atoms with E-state index >= 15 is 0 Å². The Morgan fingerprint density at radius 1 is 0.519 bits per heavy atom. The number of amides is 1. The van der Waals surface area contributed by atoms with Crippen molar-refractivity contribution in [2.75, 3.05) is 13.2 Å². The van der Waals surface area contributed by atoms with Crippen LogP contribution in [-0.2, 0) is 23.8 Å². The minimum absolute atomic E-state index is 0.0440. The number of nitrogens with one attached hydrogen (secondary N) is 1. The highest BCUT2D eigenvalue weighted by Gasteiger charge is 2.47. The maximum Gasteiger partial charge on any atom is 0.306 e. The van der Waals surface area contributed by atoms with Gasteiger partial charge in [0.25, 0.3) is 0 Å². The molecule has 0 aliphatic carbocycles. The number of aliphatic hydroxyl groups is 5. The summed E-state index contributed by atoms with van der Waals surface area (Å²) < 4.78 is 17.6. The monoisotopic (exact) mass is 1080 g/mol. The smallest absolute Gasteiger partial charge is 0.306 e. The normalized spacial score (nSPS) is 19.5. The maximum atomic E-state index is 13.4. The van der Waals surface area contributed by atoms with Crippen LogP contribution in [0.1, 0.15) is 271 Å². The second kappa shape index (κ2) is 53.7. The first-order valence-electron chi connectivity index (χ1n) is 31.7. The zero-order chi connectivity index (χ0) is 56.1. The summed E-state index contributed by atoms with van der Waals surface area (Å²) in [5, 5.41) is 57.0. The van der Waals surface area contributed by atoms with E-state index in [9.17, 15) is 35.1 Å². The predicted octanol–water partition coefficient (Wildman–Crippen LogP) is 15.2. The van der Waals surface area contributed by atoms with Crippen LogP contribution in [0.5, 0.6) is 0 Å². The Hall–Kier alpha value is -2.90. The van der Waals surface area contributed by atoms with Crippen molar-refractivity contribution in [3.05, 3.63) is 72.9 Å². The molecule has 0 spiro atoms. The summed E-state index contributed by atoms with van der Waals surface area (Å²) in [5.41, 5.74) is 0. The van der Waals surface area contributed by atoms with Gasteiger partial charge in [-0.3, -0.25) is 9.59 Å². The molecule has 1 amide bonds. The topological polar surface area (TPSA) is 175 Å². The Labute approximate surface area is 471 Å². The molecule has 0 aromatic carbocycles. The van der Waals surface area contributed by atoms with Crippen LogP contribution in [0.3, 0.4) is 0 Å². The van der Waals surface area contributed by atoms with E-state index < -0.39 is 67.4 Å². The number of rotatable bonds is 53. The summed E-state index contributed by atoms with van der Waals surface area (Å²) in [7, 11) is 0. The molecule has 8 atom stereocenters. The van der Waals surface area contributed by atoms with Gasteiger partial charge in [0.05, 0.1) is 25.4 Å². The quantitative estimate of drug-likeness (QED) is 0.0195. The predicted molar refractivity (Wildman–Crippen MR) is 319 cm³/mol. The van der Waals surface area contributed by atoms with Crippen molar-refractivity contribution in [2.24, 2.45) is 0 Å². The molecule has 11 nitrogen and oxygen atoms in total. The molecular formula is C66H117NO10. The van der Waals surface area contributed by atoms with Crippen molar-refractivity contribution in [2.45, 2.75) is 320 Å². The summed E-state index contributed by atoms with van der Waals surface area (Å²) >= 11 is 0. The molecule has 1 fully saturated rings. The van der Waals surface area contributed by atoms with Gasteiger partial charge in [-0.15, -0.1) is 0 Å². The van der Waals surface area contributed by atoms with E-state index in [0.717, 1.165) is 70.6 Å². The molecule has 0 radical (unpaired) electrons. The van der Waals surface area contributed by atoms with Gasteiger partial charge < -0.3 is 45.1 Å². The lowest BCUT2D eigenvalue weighted by atomic mass is 9.99. The number of carbonyl (C=O) groups excluding carboxylic acids is 2. The molecule has 11 heteroatoms. The van der Waals surface area contributed by atoms with Gasteiger partial charge in [0.2, 0.25) is 5.91 Å². The third-order valence-electron chi connectivity index (χ3n) is 14.6. The second-order valence-electron chi connectivity index (χ2n) is 21.8. The molecule has 1 aliphatic heterocycles. The van der Waals surface area contributed by atoms with Crippen molar-refractivity contribution in [1.82, 2.24) is 5.32 Å². The minimum Gasteiger partial charge on any atom is -0.454 e. The highest BCUT2D eigenvalue weighted by atomic mass is 16.7. The van der Waals surface area contributed by atoms with Crippen molar-refractivity contribution in [3.8, 4) is 0 Å². The lowest BCUT2D eigenvalue weighted by Crippen LogP contribution is -2.61. The molecule has 1 saturated heterocycles. The number of ether oxygens (including phenoxy) is 3. The highest BCUT2D eigenvalue weighted by molar-refractivity contribution is 5.80. The first-order valence-corrected chi connectivity index (χ1v) is 31.7. The molecule has 0 bridgehead atoms. The molecule has 1 rings (SSSR count). The molecule has 0 saturated carbocycles. The fourth-order valence-electron chi connectivity index (χ4n) is 9.63. The number of hydrogen-bond acceptors (Lipinski definition) is 10. The zero-order valence-corrected chi connectivity index (χ0v) is 49.3. The molecule has 0 aromatic rings. The van der Waals surface area contributed by atoms with E-state index in [-0.39, 0.29) is 19.4 Å². The molecule has 446 valence electrons. The van der Waals surface area contributed by atoms with Crippen LogP contribution in [0.4, 0.5) is 0 Å². The fraction of sp³-hybridized carbons (Fsp3) is 0.788. The van der Waals surface area contributed by atoms with Crippen LogP contribution in [-0.4, -0.2) is 99.6 Å². The minimum atomic E-state index is -1.64. The van der Waals surface area contributed by atoms with Crippen LogP contribution in [0.25, 0.3) is 0 Å². The van der Waals surface area contributed by atoms with Gasteiger partial charge in [-0.05, 0) is 64.2 Å². The highest BCUT2D eigenvalue weighted by Crippen LogP contribution is 2.26. The van der Waals surface area contributed by atoms with Gasteiger partial charge in [-0.1, -0.05) is 273 Å². The Bertz CT molecular complexity index is 1530. The summed E-state index contributed by atoms with van der Waals surface area (Å²) in [6, 6.07) is -1.04. The standard InChI is InChI=1S/C66H117NO10/c1-4-7-10-13-16-19-22-24-26-28-29-30-32-33-35-38-41-44-47-50-53-59(70)65(74)67-57(58(69)52-49-46-43-40-37-21-18-15-12-9-6-3)56-75-66-64(63(73)62(72)60(55-68)76-66)77-61(71)54-51-48-45-42-39-36-34-31-27-25-23-20-17-14-11-8-5-2/h8,11,17,20,25,27,34,36,42,45,49,52,57-60,62-64,66,68-70,72-73H,4-7,9-10,12-16,18-19,21-24,26,28-33,35,37-41,43-44,46-48,50-51,53-56H2,1-3H3,(H,67,74)/b11-8-,20-17-,27-25-,36-34-,45-42-,52-49+. The second-order valence-corrected chi connectivity index (χ2v) is 21.8. The summed E-state index contributed by atoms with van der Waals surface area (Å²) in [5.74, 6) is -1.25. The SMILES string of the molecule is CC/C=C\C/C=C\C/C=C\C/C=C\C/C=C\CCCC(=O)OC1C(OCC(NC(=O)C(O)CCCCCCCCCCCCCCCCCCCCCC)C(O)/C=C/CCCCCCCCCCC)OC(CO)C(O)C1O. The zero-order valence-electron chi connectivity index (χ0n) is 49.3. The van der Waals surface area contributed by atoms with E-state index in [1.807, 2.05) is 18.2 Å². The van der Waals surface area contributed by atoms with Crippen LogP contribution in [0, 0.1) is 0 Å². The van der Waals surface area contributed by atoms with Crippen LogP contribution in [0.15, 0.2) is 72.9 Å². The number of hydrogen-bond donors (Lipinski definition) is 6. The summed E-state index contributed by atoms with van der Waals surface area (Å²) in [4.78, 5) is 26.5.